The largest absolute Gasteiger partial charge is 0.468 e. The molecule has 0 bridgehead atoms. The van der Waals surface area contributed by atoms with E-state index in [2.05, 4.69) is 5.32 Å². The minimum atomic E-state index is 0.739. The van der Waals surface area contributed by atoms with Crippen LogP contribution in [0.2, 0.25) is 0 Å². The van der Waals surface area contributed by atoms with E-state index in [9.17, 15) is 0 Å². The molecule has 14 heavy (non-hydrogen) atoms. The molecule has 1 N–H and O–H groups in total. The van der Waals surface area contributed by atoms with Gasteiger partial charge in [-0.25, -0.2) is 0 Å². The molecular weight excluding hydrogens is 178 g/mol. The van der Waals surface area contributed by atoms with Crippen LogP contribution in [0, 0.1) is 0 Å². The standard InChI is InChI=1S/C11H9NO2/c1-2-4-10-9(3-1)12-5-8-6-13-7-11(8)14-10/h1-4,6-7,12H,5H2. The van der Waals surface area contributed by atoms with Crippen molar-refractivity contribution in [3.05, 3.63) is 42.4 Å². The summed E-state index contributed by atoms with van der Waals surface area (Å²) < 4.78 is 10.8. The molecule has 2 heterocycles. The highest BCUT2D eigenvalue weighted by atomic mass is 16.5. The number of nitrogens with one attached hydrogen (secondary N) is 1. The molecule has 70 valence electrons. The van der Waals surface area contributed by atoms with Gasteiger partial charge in [-0.15, -0.1) is 0 Å². The van der Waals surface area contributed by atoms with Crippen LogP contribution in [0.1, 0.15) is 5.56 Å². The Labute approximate surface area is 81.3 Å². The van der Waals surface area contributed by atoms with E-state index in [4.69, 9.17) is 9.15 Å². The summed E-state index contributed by atoms with van der Waals surface area (Å²) in [5, 5.41) is 3.28. The molecule has 0 unspecified atom stereocenters. The Morgan fingerprint density at radius 2 is 2.00 bits per heavy atom. The topological polar surface area (TPSA) is 34.4 Å². The van der Waals surface area contributed by atoms with Crippen LogP contribution < -0.4 is 10.1 Å². The number of furan rings is 1. The van der Waals surface area contributed by atoms with Gasteiger partial charge in [-0.2, -0.15) is 0 Å². The third kappa shape index (κ3) is 1.06. The Hall–Kier alpha value is -1.90. The van der Waals surface area contributed by atoms with Crippen LogP contribution in [0.3, 0.4) is 0 Å². The van der Waals surface area contributed by atoms with Gasteiger partial charge in [-0.05, 0) is 12.1 Å². The Morgan fingerprint density at radius 3 is 3.00 bits per heavy atom. The zero-order valence-electron chi connectivity index (χ0n) is 7.49. The number of benzene rings is 1. The van der Waals surface area contributed by atoms with Crippen LogP contribution in [-0.4, -0.2) is 0 Å². The van der Waals surface area contributed by atoms with Crippen molar-refractivity contribution in [2.24, 2.45) is 0 Å². The van der Waals surface area contributed by atoms with Gasteiger partial charge in [0, 0.05) is 6.54 Å². The predicted octanol–water partition coefficient (Wildman–Crippen LogP) is 3.00. The highest BCUT2D eigenvalue weighted by Crippen LogP contribution is 2.35. The molecule has 1 aliphatic heterocycles. The predicted molar refractivity (Wildman–Crippen MR) is 52.6 cm³/mol. The van der Waals surface area contributed by atoms with Crippen molar-refractivity contribution < 1.29 is 9.15 Å². The Morgan fingerprint density at radius 1 is 1.07 bits per heavy atom. The fraction of sp³-hybridized carbons (Fsp3) is 0.0909. The highest BCUT2D eigenvalue weighted by molar-refractivity contribution is 5.59. The maximum atomic E-state index is 5.69. The molecule has 1 aromatic carbocycles. The maximum absolute atomic E-state index is 5.69. The van der Waals surface area contributed by atoms with Crippen molar-refractivity contribution in [1.29, 1.82) is 0 Å². The summed E-state index contributed by atoms with van der Waals surface area (Å²) in [6.07, 6.45) is 3.33. The number of para-hydroxylation sites is 2. The first-order valence-electron chi connectivity index (χ1n) is 4.49. The first-order valence-corrected chi connectivity index (χ1v) is 4.49. The zero-order chi connectivity index (χ0) is 9.38. The minimum Gasteiger partial charge on any atom is -0.468 e. The van der Waals surface area contributed by atoms with Gasteiger partial charge >= 0.3 is 0 Å². The van der Waals surface area contributed by atoms with Crippen LogP contribution in [-0.2, 0) is 6.54 Å². The van der Waals surface area contributed by atoms with E-state index >= 15 is 0 Å². The van der Waals surface area contributed by atoms with Crippen molar-refractivity contribution in [3.63, 3.8) is 0 Å². The molecule has 3 rings (SSSR count). The Kier molecular flexibility index (Phi) is 1.50. The lowest BCUT2D eigenvalue weighted by atomic mass is 10.3. The van der Waals surface area contributed by atoms with E-state index in [1.165, 1.54) is 0 Å². The normalized spacial score (nSPS) is 13.1. The van der Waals surface area contributed by atoms with Gasteiger partial charge in [0.2, 0.25) is 0 Å². The van der Waals surface area contributed by atoms with Gasteiger partial charge in [0.15, 0.2) is 11.5 Å². The summed E-state index contributed by atoms with van der Waals surface area (Å²) >= 11 is 0. The Balaban J connectivity index is 2.10. The van der Waals surface area contributed by atoms with E-state index in [-0.39, 0.29) is 0 Å². The van der Waals surface area contributed by atoms with Crippen molar-refractivity contribution >= 4 is 5.69 Å². The van der Waals surface area contributed by atoms with Crippen molar-refractivity contribution in [2.45, 2.75) is 6.54 Å². The summed E-state index contributed by atoms with van der Waals surface area (Å²) in [6.45, 7) is 0.739. The van der Waals surface area contributed by atoms with E-state index < -0.39 is 0 Å². The van der Waals surface area contributed by atoms with Gasteiger partial charge in [-0.3, -0.25) is 0 Å². The monoisotopic (exact) mass is 187 g/mol. The lowest BCUT2D eigenvalue weighted by Crippen LogP contribution is -1.95. The van der Waals surface area contributed by atoms with Crippen LogP contribution >= 0.6 is 0 Å². The molecule has 0 saturated heterocycles. The fourth-order valence-electron chi connectivity index (χ4n) is 1.54. The number of ether oxygens (including phenoxy) is 1. The smallest absolute Gasteiger partial charge is 0.170 e. The fourth-order valence-corrected chi connectivity index (χ4v) is 1.54. The average Bonchev–Trinajstić information content (AvgIpc) is 2.58. The lowest BCUT2D eigenvalue weighted by molar-refractivity contribution is 0.468. The summed E-state index contributed by atoms with van der Waals surface area (Å²) in [5.41, 5.74) is 2.06. The zero-order valence-corrected chi connectivity index (χ0v) is 7.49. The SMILES string of the molecule is c1ccc2c(c1)NCc1cocc1O2. The van der Waals surface area contributed by atoms with E-state index in [1.807, 2.05) is 24.3 Å². The molecule has 0 aliphatic carbocycles. The summed E-state index contributed by atoms with van der Waals surface area (Å²) in [4.78, 5) is 0. The second-order valence-electron chi connectivity index (χ2n) is 3.21. The third-order valence-electron chi connectivity index (χ3n) is 2.28. The van der Waals surface area contributed by atoms with Crippen LogP contribution in [0.5, 0.6) is 11.5 Å². The molecule has 2 aromatic rings. The quantitative estimate of drug-likeness (QED) is 0.688. The number of rotatable bonds is 0. The first kappa shape index (κ1) is 7.50. The molecule has 0 saturated carbocycles. The molecule has 0 fully saturated rings. The molecule has 3 nitrogen and oxygen atoms in total. The maximum Gasteiger partial charge on any atom is 0.170 e. The molecular formula is C11H9NO2. The number of hydrogen-bond donors (Lipinski definition) is 1. The third-order valence-corrected chi connectivity index (χ3v) is 2.28. The average molecular weight is 187 g/mol. The minimum absolute atomic E-state index is 0.739. The van der Waals surface area contributed by atoms with Crippen molar-refractivity contribution in [1.82, 2.24) is 0 Å². The number of hydrogen-bond acceptors (Lipinski definition) is 3. The van der Waals surface area contributed by atoms with Gasteiger partial charge in [-0.1, -0.05) is 12.1 Å². The summed E-state index contributed by atoms with van der Waals surface area (Å²) in [6, 6.07) is 7.87. The van der Waals surface area contributed by atoms with Crippen LogP contribution in [0.4, 0.5) is 5.69 Å². The summed E-state index contributed by atoms with van der Waals surface area (Å²) in [7, 11) is 0. The number of anilines is 1. The van der Waals surface area contributed by atoms with E-state index in [0.29, 0.717) is 0 Å². The molecule has 3 heteroatoms. The molecule has 1 aromatic heterocycles. The van der Waals surface area contributed by atoms with Gasteiger partial charge < -0.3 is 14.5 Å². The lowest BCUT2D eigenvalue weighted by Gasteiger charge is -2.05. The second kappa shape index (κ2) is 2.80. The van der Waals surface area contributed by atoms with Gasteiger partial charge in [0.1, 0.15) is 6.26 Å². The Bertz CT molecular complexity index is 462. The van der Waals surface area contributed by atoms with Gasteiger partial charge in [0.25, 0.3) is 0 Å². The molecule has 0 atom stereocenters. The first-order chi connectivity index (χ1) is 6.93. The molecule has 1 aliphatic rings. The van der Waals surface area contributed by atoms with E-state index in [0.717, 1.165) is 29.3 Å². The van der Waals surface area contributed by atoms with Crippen molar-refractivity contribution in [2.75, 3.05) is 5.32 Å². The second-order valence-corrected chi connectivity index (χ2v) is 3.21. The summed E-state index contributed by atoms with van der Waals surface area (Å²) in [5.74, 6) is 1.63. The number of fused-ring (bicyclic) bond motifs is 2. The van der Waals surface area contributed by atoms with Crippen LogP contribution in [0.15, 0.2) is 41.2 Å². The van der Waals surface area contributed by atoms with Crippen LogP contribution in [0.25, 0.3) is 0 Å². The highest BCUT2D eigenvalue weighted by Gasteiger charge is 2.14. The van der Waals surface area contributed by atoms with Crippen molar-refractivity contribution in [3.8, 4) is 11.5 Å². The van der Waals surface area contributed by atoms with Gasteiger partial charge in [0.05, 0.1) is 17.5 Å². The molecule has 0 spiro atoms. The molecule has 0 amide bonds. The molecule has 0 radical (unpaired) electrons. The van der Waals surface area contributed by atoms with E-state index in [1.54, 1.807) is 12.5 Å².